The van der Waals surface area contributed by atoms with Crippen LogP contribution in [0.3, 0.4) is 0 Å². The molecule has 0 aromatic heterocycles. The number of hydrogen-bond acceptors (Lipinski definition) is 3. The molecule has 0 amide bonds. The van der Waals surface area contributed by atoms with Gasteiger partial charge in [-0.25, -0.2) is 0 Å². The van der Waals surface area contributed by atoms with Gasteiger partial charge in [0.1, 0.15) is 0 Å². The van der Waals surface area contributed by atoms with E-state index in [2.05, 4.69) is 33.0 Å². The minimum absolute atomic E-state index is 0.333. The highest BCUT2D eigenvalue weighted by Crippen LogP contribution is 2.24. The fraction of sp³-hybridized carbons (Fsp3) is 1.00. The summed E-state index contributed by atoms with van der Waals surface area (Å²) in [6.07, 6.45) is 5.16. The average molecular weight is 271 g/mol. The zero-order chi connectivity index (χ0) is 14.1. The lowest BCUT2D eigenvalue weighted by atomic mass is 9.87. The maximum Gasteiger partial charge on any atom is 0.0750 e. The number of ether oxygens (including phenoxy) is 2. The van der Waals surface area contributed by atoms with Crippen molar-refractivity contribution in [3.05, 3.63) is 0 Å². The Labute approximate surface area is 119 Å². The molecule has 19 heavy (non-hydrogen) atoms. The molecular weight excluding hydrogens is 238 g/mol. The van der Waals surface area contributed by atoms with Crippen molar-refractivity contribution in [1.29, 1.82) is 0 Å². The molecule has 3 heteroatoms. The van der Waals surface area contributed by atoms with Crippen LogP contribution in [0.4, 0.5) is 0 Å². The van der Waals surface area contributed by atoms with Gasteiger partial charge in [-0.05, 0) is 51.0 Å². The smallest absolute Gasteiger partial charge is 0.0750 e. The van der Waals surface area contributed by atoms with Crippen LogP contribution < -0.4 is 5.32 Å². The summed E-state index contributed by atoms with van der Waals surface area (Å²) in [5, 5.41) is 3.72. The van der Waals surface area contributed by atoms with E-state index in [1.165, 1.54) is 25.7 Å². The minimum Gasteiger partial charge on any atom is -0.381 e. The van der Waals surface area contributed by atoms with E-state index in [0.717, 1.165) is 32.3 Å². The second-order valence-corrected chi connectivity index (χ2v) is 6.02. The van der Waals surface area contributed by atoms with Crippen molar-refractivity contribution in [2.24, 2.45) is 11.8 Å². The Morgan fingerprint density at radius 3 is 2.42 bits per heavy atom. The molecule has 2 atom stereocenters. The number of nitrogens with one attached hydrogen (secondary N) is 1. The molecule has 3 nitrogen and oxygen atoms in total. The first-order valence-electron chi connectivity index (χ1n) is 8.11. The lowest BCUT2D eigenvalue weighted by Gasteiger charge is -2.34. The van der Waals surface area contributed by atoms with Crippen LogP contribution in [0.2, 0.25) is 0 Å². The summed E-state index contributed by atoms with van der Waals surface area (Å²) in [4.78, 5) is 0. The van der Waals surface area contributed by atoms with Gasteiger partial charge in [0.25, 0.3) is 0 Å². The van der Waals surface area contributed by atoms with Crippen molar-refractivity contribution < 1.29 is 9.47 Å². The van der Waals surface area contributed by atoms with Crippen molar-refractivity contribution in [2.45, 2.75) is 65.5 Å². The maximum absolute atomic E-state index is 6.01. The number of hydrogen-bond donors (Lipinski definition) is 1. The van der Waals surface area contributed by atoms with Gasteiger partial charge in [-0.15, -0.1) is 0 Å². The first kappa shape index (κ1) is 16.9. The van der Waals surface area contributed by atoms with E-state index in [4.69, 9.17) is 9.47 Å². The number of rotatable bonds is 9. The molecule has 1 aliphatic heterocycles. The molecule has 0 aromatic carbocycles. The van der Waals surface area contributed by atoms with Gasteiger partial charge in [0.05, 0.1) is 6.10 Å². The lowest BCUT2D eigenvalue weighted by Crippen LogP contribution is -2.46. The molecule has 1 fully saturated rings. The summed E-state index contributed by atoms with van der Waals surface area (Å²) < 4.78 is 11.5. The summed E-state index contributed by atoms with van der Waals surface area (Å²) in [6.45, 7) is 12.6. The van der Waals surface area contributed by atoms with Crippen LogP contribution in [0, 0.1) is 11.8 Å². The topological polar surface area (TPSA) is 30.5 Å². The monoisotopic (exact) mass is 271 g/mol. The predicted octanol–water partition coefficient (Wildman–Crippen LogP) is 3.23. The van der Waals surface area contributed by atoms with Gasteiger partial charge in [-0.3, -0.25) is 0 Å². The molecule has 1 N–H and O–H groups in total. The summed E-state index contributed by atoms with van der Waals surface area (Å²) in [7, 11) is 0. The predicted molar refractivity (Wildman–Crippen MR) is 80.5 cm³/mol. The van der Waals surface area contributed by atoms with Crippen LogP contribution in [0.1, 0.15) is 53.4 Å². The van der Waals surface area contributed by atoms with Crippen LogP contribution >= 0.6 is 0 Å². The standard InChI is InChI=1S/C16H33NO2/c1-5-9-17-15(16(13(3)4)19-6-2)12-14-7-10-18-11-8-14/h13-17H,5-12H2,1-4H3. The van der Waals surface area contributed by atoms with Gasteiger partial charge >= 0.3 is 0 Å². The van der Waals surface area contributed by atoms with Crippen LogP contribution in [0.5, 0.6) is 0 Å². The van der Waals surface area contributed by atoms with Crippen molar-refractivity contribution in [1.82, 2.24) is 5.32 Å². The molecule has 0 spiro atoms. The van der Waals surface area contributed by atoms with Crippen molar-refractivity contribution in [2.75, 3.05) is 26.4 Å². The highest BCUT2D eigenvalue weighted by atomic mass is 16.5. The van der Waals surface area contributed by atoms with Crippen molar-refractivity contribution in [3.63, 3.8) is 0 Å². The normalized spacial score (nSPS) is 20.7. The first-order chi connectivity index (χ1) is 9.19. The maximum atomic E-state index is 6.01. The van der Waals surface area contributed by atoms with E-state index in [1.54, 1.807) is 0 Å². The minimum atomic E-state index is 0.333. The quantitative estimate of drug-likeness (QED) is 0.698. The third-order valence-electron chi connectivity index (χ3n) is 4.00. The van der Waals surface area contributed by atoms with Gasteiger partial charge in [-0.1, -0.05) is 20.8 Å². The Hall–Kier alpha value is -0.120. The molecule has 0 radical (unpaired) electrons. The van der Waals surface area contributed by atoms with Gasteiger partial charge in [0.15, 0.2) is 0 Å². The average Bonchev–Trinajstić information content (AvgIpc) is 2.42. The second-order valence-electron chi connectivity index (χ2n) is 6.02. The highest BCUT2D eigenvalue weighted by Gasteiger charge is 2.28. The zero-order valence-corrected chi connectivity index (χ0v) is 13.3. The zero-order valence-electron chi connectivity index (χ0n) is 13.3. The van der Waals surface area contributed by atoms with E-state index in [0.29, 0.717) is 18.1 Å². The molecule has 0 bridgehead atoms. The molecule has 1 rings (SSSR count). The molecule has 0 aliphatic carbocycles. The van der Waals surface area contributed by atoms with E-state index in [-0.39, 0.29) is 0 Å². The molecule has 0 saturated carbocycles. The fourth-order valence-electron chi connectivity index (χ4n) is 2.97. The Kier molecular flexibility index (Phi) is 8.67. The molecular formula is C16H33NO2. The Balaban J connectivity index is 2.56. The van der Waals surface area contributed by atoms with Gasteiger partial charge < -0.3 is 14.8 Å². The van der Waals surface area contributed by atoms with Crippen LogP contribution in [-0.4, -0.2) is 38.5 Å². The van der Waals surface area contributed by atoms with Crippen molar-refractivity contribution in [3.8, 4) is 0 Å². The van der Waals surface area contributed by atoms with E-state index < -0.39 is 0 Å². The molecule has 1 saturated heterocycles. The second kappa shape index (κ2) is 9.73. The summed E-state index contributed by atoms with van der Waals surface area (Å²) in [5.74, 6) is 1.36. The molecule has 2 unspecified atom stereocenters. The molecule has 0 aromatic rings. The first-order valence-corrected chi connectivity index (χ1v) is 8.11. The SMILES string of the molecule is CCCNC(CC1CCOCC1)C(OCC)C(C)C. The summed E-state index contributed by atoms with van der Waals surface area (Å²) in [5.41, 5.74) is 0. The van der Waals surface area contributed by atoms with Gasteiger partial charge in [-0.2, -0.15) is 0 Å². The largest absolute Gasteiger partial charge is 0.381 e. The Morgan fingerprint density at radius 2 is 1.89 bits per heavy atom. The third kappa shape index (κ3) is 6.24. The van der Waals surface area contributed by atoms with Crippen LogP contribution in [0.15, 0.2) is 0 Å². The summed E-state index contributed by atoms with van der Waals surface area (Å²) in [6, 6.07) is 0.489. The summed E-state index contributed by atoms with van der Waals surface area (Å²) >= 11 is 0. The third-order valence-corrected chi connectivity index (χ3v) is 4.00. The van der Waals surface area contributed by atoms with E-state index in [9.17, 15) is 0 Å². The van der Waals surface area contributed by atoms with Crippen molar-refractivity contribution >= 4 is 0 Å². The van der Waals surface area contributed by atoms with Gasteiger partial charge in [0.2, 0.25) is 0 Å². The van der Waals surface area contributed by atoms with Crippen LogP contribution in [0.25, 0.3) is 0 Å². The molecule has 1 aliphatic rings. The fourth-order valence-corrected chi connectivity index (χ4v) is 2.97. The van der Waals surface area contributed by atoms with E-state index >= 15 is 0 Å². The molecule has 114 valence electrons. The van der Waals surface area contributed by atoms with Gasteiger partial charge in [0, 0.05) is 25.9 Å². The Bertz CT molecular complexity index is 215. The Morgan fingerprint density at radius 1 is 1.21 bits per heavy atom. The molecule has 1 heterocycles. The lowest BCUT2D eigenvalue weighted by molar-refractivity contribution is -0.0103. The van der Waals surface area contributed by atoms with Crippen LogP contribution in [-0.2, 0) is 9.47 Å². The highest BCUT2D eigenvalue weighted by molar-refractivity contribution is 4.83. The van der Waals surface area contributed by atoms with E-state index in [1.807, 2.05) is 0 Å².